The first kappa shape index (κ1) is 18.0. The predicted molar refractivity (Wildman–Crippen MR) is 74.3 cm³/mol. The fourth-order valence-electron chi connectivity index (χ4n) is 1.10. The molecule has 0 heterocycles. The van der Waals surface area contributed by atoms with Gasteiger partial charge >= 0.3 is 0 Å². The van der Waals surface area contributed by atoms with Gasteiger partial charge in [0.05, 0.1) is 0 Å². The van der Waals surface area contributed by atoms with Gasteiger partial charge in [-0.3, -0.25) is 9.59 Å². The van der Waals surface area contributed by atoms with Gasteiger partial charge in [0.2, 0.25) is 0 Å². The zero-order chi connectivity index (χ0) is 12.8. The molecule has 0 atom stereocenters. The molecule has 0 fully saturated rings. The van der Waals surface area contributed by atoms with Crippen molar-refractivity contribution in [1.82, 2.24) is 5.32 Å². The van der Waals surface area contributed by atoms with E-state index in [1.807, 2.05) is 0 Å². The van der Waals surface area contributed by atoms with Gasteiger partial charge in [-0.25, -0.2) is 0 Å². The molecule has 0 aromatic carbocycles. The summed E-state index contributed by atoms with van der Waals surface area (Å²) in [6, 6.07) is 0. The van der Waals surface area contributed by atoms with Crippen LogP contribution < -0.4 is 11.1 Å². The van der Waals surface area contributed by atoms with Crippen LogP contribution in [0.15, 0.2) is 0 Å². The first-order chi connectivity index (χ1) is 7.50. The van der Waals surface area contributed by atoms with Crippen molar-refractivity contribution in [3.05, 3.63) is 0 Å². The highest BCUT2D eigenvalue weighted by atomic mass is 32.1. The Morgan fingerprint density at radius 3 is 1.94 bits per heavy atom. The Kier molecular flexibility index (Phi) is 16.5. The van der Waals surface area contributed by atoms with Crippen molar-refractivity contribution in [1.29, 1.82) is 0 Å². The second kappa shape index (κ2) is 14.6. The SMILES string of the molecule is CCCCCCCCNC(=O)S.NC(=O)S. The minimum Gasteiger partial charge on any atom is -0.361 e. The number of carbonyl (C=O) groups is 2. The third-order valence-electron chi connectivity index (χ3n) is 1.81. The molecule has 16 heavy (non-hydrogen) atoms. The number of amides is 2. The molecule has 4 nitrogen and oxygen atoms in total. The lowest BCUT2D eigenvalue weighted by molar-refractivity contribution is 0.260. The molecule has 0 saturated carbocycles. The largest absolute Gasteiger partial charge is 0.361 e. The smallest absolute Gasteiger partial charge is 0.275 e. The van der Waals surface area contributed by atoms with Gasteiger partial charge in [0.25, 0.3) is 10.5 Å². The molecule has 96 valence electrons. The Bertz CT molecular complexity index is 186. The molecule has 2 amide bonds. The summed E-state index contributed by atoms with van der Waals surface area (Å²) < 4.78 is 0. The van der Waals surface area contributed by atoms with Crippen LogP contribution in [0.25, 0.3) is 0 Å². The number of primary amides is 1. The monoisotopic (exact) mass is 266 g/mol. The number of nitrogens with two attached hydrogens (primary N) is 1. The van der Waals surface area contributed by atoms with Crippen LogP contribution in [0.3, 0.4) is 0 Å². The van der Waals surface area contributed by atoms with Gasteiger partial charge < -0.3 is 11.1 Å². The molecule has 0 aromatic rings. The van der Waals surface area contributed by atoms with Gasteiger partial charge in [-0.05, 0) is 6.42 Å². The van der Waals surface area contributed by atoms with Crippen LogP contribution in [0.2, 0.25) is 0 Å². The normalized spacial score (nSPS) is 8.94. The summed E-state index contributed by atoms with van der Waals surface area (Å²) >= 11 is 6.71. The van der Waals surface area contributed by atoms with Crippen molar-refractivity contribution in [3.8, 4) is 0 Å². The summed E-state index contributed by atoms with van der Waals surface area (Å²) in [4.78, 5) is 19.4. The predicted octanol–water partition coefficient (Wildman–Crippen LogP) is 2.98. The first-order valence-electron chi connectivity index (χ1n) is 5.45. The van der Waals surface area contributed by atoms with Crippen LogP contribution in [0.5, 0.6) is 0 Å². The zero-order valence-corrected chi connectivity index (χ0v) is 11.5. The van der Waals surface area contributed by atoms with Crippen LogP contribution in [0.1, 0.15) is 45.4 Å². The van der Waals surface area contributed by atoms with E-state index in [2.05, 4.69) is 43.2 Å². The Hall–Kier alpha value is -0.360. The number of carbonyl (C=O) groups excluding carboxylic acids is 2. The molecular weight excluding hydrogens is 244 g/mol. The van der Waals surface area contributed by atoms with Crippen molar-refractivity contribution >= 4 is 35.7 Å². The maximum atomic E-state index is 10.3. The molecule has 0 unspecified atom stereocenters. The summed E-state index contributed by atoms with van der Waals surface area (Å²) in [5.74, 6) is 0. The summed E-state index contributed by atoms with van der Waals surface area (Å²) in [5, 5.41) is 1.80. The fraction of sp³-hybridized carbons (Fsp3) is 0.800. The Morgan fingerprint density at radius 1 is 1.06 bits per heavy atom. The lowest BCUT2D eigenvalue weighted by Crippen LogP contribution is -2.17. The lowest BCUT2D eigenvalue weighted by Gasteiger charge is -2.00. The summed E-state index contributed by atoms with van der Waals surface area (Å²) in [6.45, 7) is 2.98. The molecule has 0 aromatic heterocycles. The molecule has 3 N–H and O–H groups in total. The zero-order valence-electron chi connectivity index (χ0n) is 9.74. The molecule has 0 bridgehead atoms. The number of hydrogen-bond donors (Lipinski definition) is 4. The van der Waals surface area contributed by atoms with E-state index in [1.54, 1.807) is 0 Å². The molecule has 0 aliphatic heterocycles. The van der Waals surface area contributed by atoms with E-state index in [4.69, 9.17) is 4.79 Å². The average molecular weight is 266 g/mol. The number of thiol groups is 2. The maximum absolute atomic E-state index is 10.3. The van der Waals surface area contributed by atoms with E-state index in [0.29, 0.717) is 0 Å². The molecule has 0 spiro atoms. The standard InChI is InChI=1S/C9H19NOS.CH3NOS/c1-2-3-4-5-6-7-8-10-9(11)12;2-1(3)4/h2-8H2,1H3,(H2,10,11,12);(H3,2,3,4). The van der Waals surface area contributed by atoms with Crippen LogP contribution in [-0.4, -0.2) is 17.0 Å². The third-order valence-corrected chi connectivity index (χ3v) is 1.96. The third kappa shape index (κ3) is 29.2. The van der Waals surface area contributed by atoms with E-state index >= 15 is 0 Å². The Labute approximate surface area is 109 Å². The molecule has 0 radical (unpaired) electrons. The number of nitrogens with one attached hydrogen (secondary N) is 1. The van der Waals surface area contributed by atoms with Crippen molar-refractivity contribution < 1.29 is 9.59 Å². The first-order valence-corrected chi connectivity index (χ1v) is 6.35. The minimum atomic E-state index is -0.639. The Morgan fingerprint density at radius 2 is 1.50 bits per heavy atom. The van der Waals surface area contributed by atoms with Gasteiger partial charge in [-0.2, -0.15) is 0 Å². The number of hydrogen-bond acceptors (Lipinski definition) is 2. The number of unbranched alkanes of at least 4 members (excludes halogenated alkanes) is 5. The van der Waals surface area contributed by atoms with E-state index in [-0.39, 0.29) is 5.24 Å². The van der Waals surface area contributed by atoms with Gasteiger partial charge in [0, 0.05) is 6.54 Å². The number of rotatable bonds is 7. The minimum absolute atomic E-state index is 0.219. The van der Waals surface area contributed by atoms with Gasteiger partial charge in [0.15, 0.2) is 0 Å². The molecule has 6 heteroatoms. The highest BCUT2D eigenvalue weighted by molar-refractivity contribution is 7.96. The van der Waals surface area contributed by atoms with Crippen molar-refractivity contribution in [2.45, 2.75) is 45.4 Å². The van der Waals surface area contributed by atoms with E-state index in [9.17, 15) is 4.79 Å². The van der Waals surface area contributed by atoms with Crippen LogP contribution in [-0.2, 0) is 0 Å². The summed E-state index contributed by atoms with van der Waals surface area (Å²) in [5.41, 5.74) is 4.34. The topological polar surface area (TPSA) is 72.2 Å². The second-order valence-corrected chi connectivity index (χ2v) is 4.18. The average Bonchev–Trinajstić information content (AvgIpc) is 2.15. The Balaban J connectivity index is 0. The van der Waals surface area contributed by atoms with E-state index in [0.717, 1.165) is 13.0 Å². The fourth-order valence-corrected chi connectivity index (χ4v) is 1.21. The molecule has 0 aliphatic rings. The van der Waals surface area contributed by atoms with E-state index < -0.39 is 5.24 Å². The second-order valence-electron chi connectivity index (χ2n) is 3.34. The van der Waals surface area contributed by atoms with Gasteiger partial charge in [0.1, 0.15) is 0 Å². The van der Waals surface area contributed by atoms with Crippen molar-refractivity contribution in [2.75, 3.05) is 6.54 Å². The maximum Gasteiger partial charge on any atom is 0.275 e. The molecule has 0 rings (SSSR count). The highest BCUT2D eigenvalue weighted by Gasteiger charge is 1.91. The van der Waals surface area contributed by atoms with Gasteiger partial charge in [-0.1, -0.05) is 64.3 Å². The van der Waals surface area contributed by atoms with E-state index in [1.165, 1.54) is 32.1 Å². The lowest BCUT2D eigenvalue weighted by atomic mass is 10.1. The van der Waals surface area contributed by atoms with Crippen LogP contribution in [0, 0.1) is 0 Å². The highest BCUT2D eigenvalue weighted by Crippen LogP contribution is 2.03. The quantitative estimate of drug-likeness (QED) is 0.422. The van der Waals surface area contributed by atoms with Crippen LogP contribution in [0.4, 0.5) is 9.59 Å². The van der Waals surface area contributed by atoms with Crippen molar-refractivity contribution in [2.24, 2.45) is 5.73 Å². The molecule has 0 aliphatic carbocycles. The molecule has 0 saturated heterocycles. The molecular formula is C10H22N2O2S2. The summed E-state index contributed by atoms with van der Waals surface area (Å²) in [6.07, 6.45) is 7.53. The van der Waals surface area contributed by atoms with Gasteiger partial charge in [-0.15, -0.1) is 0 Å². The van der Waals surface area contributed by atoms with Crippen LogP contribution >= 0.6 is 25.3 Å². The van der Waals surface area contributed by atoms with Crippen molar-refractivity contribution in [3.63, 3.8) is 0 Å². The summed E-state index contributed by atoms with van der Waals surface area (Å²) in [7, 11) is 0.